The second-order valence-electron chi connectivity index (χ2n) is 6.61. The molecule has 3 aromatic rings. The molecule has 10 heteroatoms. The number of hydrogen-bond acceptors (Lipinski definition) is 7. The number of rotatable bonds is 8. The zero-order valence-corrected chi connectivity index (χ0v) is 17.7. The van der Waals surface area contributed by atoms with Crippen LogP contribution in [0.2, 0.25) is 0 Å². The van der Waals surface area contributed by atoms with Crippen molar-refractivity contribution >= 4 is 23.2 Å². The minimum absolute atomic E-state index is 0.129. The maximum Gasteiger partial charge on any atom is 0.433 e. The van der Waals surface area contributed by atoms with Gasteiger partial charge in [0.1, 0.15) is 12.2 Å². The molecule has 0 saturated heterocycles. The Morgan fingerprint density at radius 2 is 1.73 bits per heavy atom. The summed E-state index contributed by atoms with van der Waals surface area (Å²) in [4.78, 5) is 19.7. The molecule has 0 aliphatic carbocycles. The number of aromatic nitrogens is 2. The van der Waals surface area contributed by atoms with Crippen LogP contribution in [0.25, 0.3) is 5.57 Å². The first kappa shape index (κ1) is 23.6. The van der Waals surface area contributed by atoms with Crippen LogP contribution in [0.1, 0.15) is 16.8 Å². The van der Waals surface area contributed by atoms with Gasteiger partial charge in [0.2, 0.25) is 11.8 Å². The number of methoxy groups -OCH3 is 2. The molecule has 7 nitrogen and oxygen atoms in total. The quantitative estimate of drug-likeness (QED) is 0.289. The summed E-state index contributed by atoms with van der Waals surface area (Å²) in [5, 5.41) is 2.73. The fourth-order valence-electron chi connectivity index (χ4n) is 2.86. The van der Waals surface area contributed by atoms with Gasteiger partial charge in [-0.2, -0.15) is 18.2 Å². The van der Waals surface area contributed by atoms with Crippen LogP contribution in [0.4, 0.5) is 24.8 Å². The lowest BCUT2D eigenvalue weighted by atomic mass is 10.0. The summed E-state index contributed by atoms with van der Waals surface area (Å²) < 4.78 is 55.5. The number of hydrogen-bond donors (Lipinski definition) is 1. The van der Waals surface area contributed by atoms with Crippen molar-refractivity contribution in [1.82, 2.24) is 9.97 Å². The van der Waals surface area contributed by atoms with Crippen molar-refractivity contribution in [3.8, 4) is 5.88 Å². The first-order valence-electron chi connectivity index (χ1n) is 9.62. The first-order valence-corrected chi connectivity index (χ1v) is 9.62. The zero-order valence-electron chi connectivity index (χ0n) is 17.7. The Morgan fingerprint density at radius 3 is 2.39 bits per heavy atom. The number of alkyl halides is 3. The highest BCUT2D eigenvalue weighted by Gasteiger charge is 2.34. The van der Waals surface area contributed by atoms with Crippen LogP contribution in [0, 0.1) is 0 Å². The average Bonchev–Trinajstić information content (AvgIpc) is 2.81. The Morgan fingerprint density at radius 1 is 1.03 bits per heavy atom. The highest BCUT2D eigenvalue weighted by molar-refractivity contribution is 6.16. The Balaban J connectivity index is 1.91. The topological polar surface area (TPSA) is 82.6 Å². The molecule has 1 aromatic heterocycles. The number of benzene rings is 2. The van der Waals surface area contributed by atoms with E-state index in [1.165, 1.54) is 20.5 Å². The maximum absolute atomic E-state index is 13.4. The van der Waals surface area contributed by atoms with Crippen LogP contribution in [0.3, 0.4) is 0 Å². The Kier molecular flexibility index (Phi) is 7.50. The summed E-state index contributed by atoms with van der Waals surface area (Å²) in [5.41, 5.74) is 0.438. The van der Waals surface area contributed by atoms with E-state index in [0.717, 1.165) is 0 Å². The largest absolute Gasteiger partial charge is 0.503 e. The molecule has 3 rings (SSSR count). The Bertz CT molecular complexity index is 1140. The summed E-state index contributed by atoms with van der Waals surface area (Å²) in [7, 11) is 2.61. The van der Waals surface area contributed by atoms with Gasteiger partial charge in [-0.15, -0.1) is 0 Å². The number of nitrogens with zero attached hydrogens (tertiary/aromatic N) is 2. The lowest BCUT2D eigenvalue weighted by Crippen LogP contribution is -2.12. The number of anilines is 2. The van der Waals surface area contributed by atoms with Crippen LogP contribution >= 0.6 is 0 Å². The molecule has 2 aromatic carbocycles. The molecule has 0 aliphatic rings. The number of nitrogens with one attached hydrogen (secondary N) is 1. The third-order valence-corrected chi connectivity index (χ3v) is 4.35. The molecule has 0 aliphatic heterocycles. The van der Waals surface area contributed by atoms with E-state index in [4.69, 9.17) is 14.2 Å². The SMILES string of the molecule is CO/C=C(\C(=O)OC)c1ccccc1COc1cc(C(F)(F)F)nc(Nc2ccccc2)n1. The lowest BCUT2D eigenvalue weighted by molar-refractivity contribution is -0.141. The molecule has 0 fully saturated rings. The minimum Gasteiger partial charge on any atom is -0.503 e. The lowest BCUT2D eigenvalue weighted by Gasteiger charge is -2.14. The first-order chi connectivity index (χ1) is 15.8. The van der Waals surface area contributed by atoms with Gasteiger partial charge in [0.25, 0.3) is 0 Å². The Labute approximate surface area is 187 Å². The van der Waals surface area contributed by atoms with Crippen LogP contribution < -0.4 is 10.1 Å². The van der Waals surface area contributed by atoms with Crippen molar-refractivity contribution in [2.75, 3.05) is 19.5 Å². The van der Waals surface area contributed by atoms with Crippen molar-refractivity contribution in [2.24, 2.45) is 0 Å². The van der Waals surface area contributed by atoms with E-state index in [2.05, 4.69) is 15.3 Å². The van der Waals surface area contributed by atoms with E-state index in [0.29, 0.717) is 22.9 Å². The molecule has 0 saturated carbocycles. The smallest absolute Gasteiger partial charge is 0.433 e. The van der Waals surface area contributed by atoms with Crippen molar-refractivity contribution in [3.63, 3.8) is 0 Å². The summed E-state index contributed by atoms with van der Waals surface area (Å²) in [6.07, 6.45) is -3.48. The molecule has 0 radical (unpaired) electrons. The van der Waals surface area contributed by atoms with Crippen molar-refractivity contribution in [2.45, 2.75) is 12.8 Å². The van der Waals surface area contributed by atoms with E-state index in [1.807, 2.05) is 0 Å². The molecule has 1 N–H and O–H groups in total. The van der Waals surface area contributed by atoms with Gasteiger partial charge in [-0.3, -0.25) is 0 Å². The molecule has 0 amide bonds. The van der Waals surface area contributed by atoms with E-state index >= 15 is 0 Å². The van der Waals surface area contributed by atoms with E-state index in [-0.39, 0.29) is 24.0 Å². The fourth-order valence-corrected chi connectivity index (χ4v) is 2.86. The summed E-state index contributed by atoms with van der Waals surface area (Å²) >= 11 is 0. The van der Waals surface area contributed by atoms with Crippen LogP contribution in [0.5, 0.6) is 5.88 Å². The van der Waals surface area contributed by atoms with Crippen molar-refractivity contribution in [1.29, 1.82) is 0 Å². The molecule has 0 bridgehead atoms. The van der Waals surface area contributed by atoms with Crippen molar-refractivity contribution < 1.29 is 32.2 Å². The van der Waals surface area contributed by atoms with Crippen LogP contribution in [-0.2, 0) is 27.1 Å². The maximum atomic E-state index is 13.4. The number of ether oxygens (including phenoxy) is 3. The van der Waals surface area contributed by atoms with Gasteiger partial charge in [-0.25, -0.2) is 9.78 Å². The third kappa shape index (κ3) is 6.22. The highest BCUT2D eigenvalue weighted by atomic mass is 19.4. The van der Waals surface area contributed by atoms with Gasteiger partial charge in [-0.1, -0.05) is 42.5 Å². The number of para-hydroxylation sites is 1. The number of carbonyl (C=O) groups is 1. The average molecular weight is 459 g/mol. The summed E-state index contributed by atoms with van der Waals surface area (Å²) in [6.45, 7) is -0.173. The molecule has 172 valence electrons. The molecule has 33 heavy (non-hydrogen) atoms. The second-order valence-corrected chi connectivity index (χ2v) is 6.61. The normalized spacial score (nSPS) is 11.6. The second kappa shape index (κ2) is 10.5. The van der Waals surface area contributed by atoms with E-state index in [1.54, 1.807) is 54.6 Å². The molecule has 0 atom stereocenters. The van der Waals surface area contributed by atoms with Gasteiger partial charge in [-0.05, 0) is 23.3 Å². The molecule has 1 heterocycles. The van der Waals surface area contributed by atoms with Gasteiger partial charge >= 0.3 is 12.1 Å². The molecule has 0 unspecified atom stereocenters. The van der Waals surface area contributed by atoms with Gasteiger partial charge < -0.3 is 19.5 Å². The number of carbonyl (C=O) groups excluding carboxylic acids is 1. The van der Waals surface area contributed by atoms with E-state index < -0.39 is 17.8 Å². The fraction of sp³-hybridized carbons (Fsp3) is 0.174. The zero-order chi connectivity index (χ0) is 23.8. The molecular weight excluding hydrogens is 439 g/mol. The molecular formula is C23H20F3N3O4. The monoisotopic (exact) mass is 459 g/mol. The highest BCUT2D eigenvalue weighted by Crippen LogP contribution is 2.31. The Hall–Kier alpha value is -4.08. The van der Waals surface area contributed by atoms with E-state index in [9.17, 15) is 18.0 Å². The third-order valence-electron chi connectivity index (χ3n) is 4.35. The predicted molar refractivity (Wildman–Crippen MR) is 115 cm³/mol. The predicted octanol–water partition coefficient (Wildman–Crippen LogP) is 4.98. The van der Waals surface area contributed by atoms with Crippen molar-refractivity contribution in [3.05, 3.63) is 83.7 Å². The van der Waals surface area contributed by atoms with Gasteiger partial charge in [0.05, 0.1) is 20.5 Å². The minimum atomic E-state index is -4.70. The molecule has 0 spiro atoms. The van der Waals surface area contributed by atoms with Gasteiger partial charge in [0, 0.05) is 11.8 Å². The standard InChI is InChI=1S/C23H20F3N3O4/c1-31-14-18(21(30)32-2)17-11-7-6-8-15(17)13-33-20-12-19(23(24,25)26)28-22(29-20)27-16-9-4-3-5-10-16/h3-12,14H,13H2,1-2H3,(H,27,28,29)/b18-14-. The van der Waals surface area contributed by atoms with Crippen LogP contribution in [0.15, 0.2) is 66.9 Å². The van der Waals surface area contributed by atoms with Gasteiger partial charge in [0.15, 0.2) is 5.69 Å². The summed E-state index contributed by atoms with van der Waals surface area (Å²) in [5.74, 6) is -1.20. The van der Waals surface area contributed by atoms with Crippen LogP contribution in [-0.4, -0.2) is 30.2 Å². The number of halogens is 3. The number of esters is 1. The summed E-state index contributed by atoms with van der Waals surface area (Å²) in [6, 6.07) is 15.9.